The molecule has 2 aromatic carbocycles. The number of likely N-dealkylation sites (tertiary alicyclic amines) is 1. The molecule has 2 aliphatic rings. The average molecular weight is 416 g/mol. The van der Waals surface area contributed by atoms with E-state index in [0.717, 1.165) is 16.7 Å². The SMILES string of the molecule is Cc1ccc(Cn2nc3n(c(=O)c2=O)C[C@H]2CN(C(=O)Cc4ccccc4)C[C@@H]32)cc1. The molecule has 0 saturated carbocycles. The molecule has 2 atom stereocenters. The first-order valence-corrected chi connectivity index (χ1v) is 10.6. The number of amides is 1. The lowest BCUT2D eigenvalue weighted by Gasteiger charge is -2.18. The van der Waals surface area contributed by atoms with Crippen molar-refractivity contribution in [2.24, 2.45) is 5.92 Å². The van der Waals surface area contributed by atoms with Crippen molar-refractivity contribution in [2.75, 3.05) is 13.1 Å². The summed E-state index contributed by atoms with van der Waals surface area (Å²) in [7, 11) is 0. The Labute approximate surface area is 179 Å². The Hall–Kier alpha value is -3.48. The summed E-state index contributed by atoms with van der Waals surface area (Å²) in [6.45, 7) is 3.83. The number of hydrogen-bond donors (Lipinski definition) is 0. The van der Waals surface area contributed by atoms with Gasteiger partial charge in [-0.15, -0.1) is 0 Å². The van der Waals surface area contributed by atoms with E-state index in [4.69, 9.17) is 0 Å². The molecule has 0 bridgehead atoms. The van der Waals surface area contributed by atoms with Gasteiger partial charge in [-0.3, -0.25) is 19.0 Å². The maximum absolute atomic E-state index is 12.8. The van der Waals surface area contributed by atoms with E-state index in [2.05, 4.69) is 5.10 Å². The van der Waals surface area contributed by atoms with Crippen LogP contribution in [0.4, 0.5) is 0 Å². The standard InChI is InChI=1S/C24H24N4O3/c1-16-7-9-18(10-8-16)12-28-24(31)23(30)27-14-19-13-26(15-20(19)22(27)25-28)21(29)11-17-5-3-2-4-6-17/h2-10,19-20H,11-15H2,1H3/t19-,20-/m1/s1. The first kappa shape index (κ1) is 19.5. The van der Waals surface area contributed by atoms with Crippen LogP contribution in [0.3, 0.4) is 0 Å². The Morgan fingerprint density at radius 3 is 2.42 bits per heavy atom. The molecule has 0 aliphatic carbocycles. The molecule has 3 heterocycles. The highest BCUT2D eigenvalue weighted by Crippen LogP contribution is 2.37. The van der Waals surface area contributed by atoms with E-state index in [1.807, 2.05) is 66.4 Å². The maximum Gasteiger partial charge on any atom is 0.332 e. The molecule has 0 spiro atoms. The number of benzene rings is 2. The molecule has 7 nitrogen and oxygen atoms in total. The van der Waals surface area contributed by atoms with Gasteiger partial charge in [-0.2, -0.15) is 5.10 Å². The average Bonchev–Trinajstić information content (AvgIpc) is 3.33. The predicted molar refractivity (Wildman–Crippen MR) is 116 cm³/mol. The fraction of sp³-hybridized carbons (Fsp3) is 0.333. The van der Waals surface area contributed by atoms with Crippen molar-refractivity contribution >= 4 is 5.91 Å². The zero-order valence-corrected chi connectivity index (χ0v) is 17.4. The zero-order valence-electron chi connectivity index (χ0n) is 17.4. The second-order valence-corrected chi connectivity index (χ2v) is 8.55. The Bertz CT molecular complexity index is 1240. The summed E-state index contributed by atoms with van der Waals surface area (Å²) in [6.07, 6.45) is 0.368. The molecule has 7 heteroatoms. The third-order valence-electron chi connectivity index (χ3n) is 6.36. The first-order valence-electron chi connectivity index (χ1n) is 10.6. The lowest BCUT2D eigenvalue weighted by atomic mass is 10.00. The van der Waals surface area contributed by atoms with Crippen LogP contribution in [0.1, 0.15) is 28.4 Å². The van der Waals surface area contributed by atoms with Gasteiger partial charge in [0.25, 0.3) is 0 Å². The van der Waals surface area contributed by atoms with Crippen LogP contribution in [0.5, 0.6) is 0 Å². The molecule has 0 N–H and O–H groups in total. The van der Waals surface area contributed by atoms with Crippen LogP contribution in [0.2, 0.25) is 0 Å². The van der Waals surface area contributed by atoms with E-state index in [-0.39, 0.29) is 24.3 Å². The lowest BCUT2D eigenvalue weighted by Crippen LogP contribution is -2.44. The van der Waals surface area contributed by atoms with Crippen molar-refractivity contribution < 1.29 is 4.79 Å². The number of nitrogens with zero attached hydrogens (tertiary/aromatic N) is 4. The van der Waals surface area contributed by atoms with Crippen LogP contribution in [-0.4, -0.2) is 38.2 Å². The summed E-state index contributed by atoms with van der Waals surface area (Å²) in [5, 5.41) is 4.58. The molecule has 0 radical (unpaired) electrons. The van der Waals surface area contributed by atoms with Gasteiger partial charge in [-0.1, -0.05) is 60.2 Å². The minimum atomic E-state index is -0.596. The van der Waals surface area contributed by atoms with Crippen molar-refractivity contribution in [3.8, 4) is 0 Å². The van der Waals surface area contributed by atoms with E-state index >= 15 is 0 Å². The highest BCUT2D eigenvalue weighted by Gasteiger charge is 2.44. The van der Waals surface area contributed by atoms with Gasteiger partial charge in [0.15, 0.2) is 0 Å². The monoisotopic (exact) mass is 416 g/mol. The molecular formula is C24H24N4O3. The van der Waals surface area contributed by atoms with Crippen LogP contribution < -0.4 is 11.1 Å². The highest BCUT2D eigenvalue weighted by atomic mass is 16.2. The van der Waals surface area contributed by atoms with E-state index in [1.165, 1.54) is 9.25 Å². The number of aryl methyl sites for hydroxylation is 1. The third kappa shape index (κ3) is 3.60. The predicted octanol–water partition coefficient (Wildman–Crippen LogP) is 1.56. The molecule has 2 aliphatic heterocycles. The van der Waals surface area contributed by atoms with Crippen molar-refractivity contribution in [3.05, 3.63) is 97.8 Å². The lowest BCUT2D eigenvalue weighted by molar-refractivity contribution is -0.129. The van der Waals surface area contributed by atoms with Crippen molar-refractivity contribution in [3.63, 3.8) is 0 Å². The van der Waals surface area contributed by atoms with Gasteiger partial charge in [-0.05, 0) is 18.1 Å². The molecule has 5 rings (SSSR count). The summed E-state index contributed by atoms with van der Waals surface area (Å²) in [5.41, 5.74) is 1.93. The van der Waals surface area contributed by atoms with Gasteiger partial charge in [0.1, 0.15) is 5.82 Å². The minimum absolute atomic E-state index is 0.0164. The molecule has 1 fully saturated rings. The highest BCUT2D eigenvalue weighted by molar-refractivity contribution is 5.79. The summed E-state index contributed by atoms with van der Waals surface area (Å²) >= 11 is 0. The van der Waals surface area contributed by atoms with E-state index < -0.39 is 11.1 Å². The molecule has 158 valence electrons. The topological polar surface area (TPSA) is 77.2 Å². The van der Waals surface area contributed by atoms with Gasteiger partial charge in [0.2, 0.25) is 5.91 Å². The second-order valence-electron chi connectivity index (χ2n) is 8.55. The van der Waals surface area contributed by atoms with Crippen LogP contribution in [0.15, 0.2) is 64.2 Å². The molecule has 0 unspecified atom stereocenters. The van der Waals surface area contributed by atoms with Crippen molar-refractivity contribution in [1.82, 2.24) is 19.2 Å². The molecule has 1 saturated heterocycles. The Morgan fingerprint density at radius 1 is 0.935 bits per heavy atom. The molecular weight excluding hydrogens is 392 g/mol. The number of hydrogen-bond acceptors (Lipinski definition) is 4. The Morgan fingerprint density at radius 2 is 1.68 bits per heavy atom. The molecule has 1 aromatic heterocycles. The summed E-state index contributed by atoms with van der Waals surface area (Å²) in [4.78, 5) is 40.0. The molecule has 31 heavy (non-hydrogen) atoms. The molecule has 1 amide bonds. The fourth-order valence-corrected chi connectivity index (χ4v) is 4.65. The fourth-order valence-electron chi connectivity index (χ4n) is 4.65. The quantitative estimate of drug-likeness (QED) is 0.605. The number of carbonyl (C=O) groups is 1. The second kappa shape index (κ2) is 7.65. The summed E-state index contributed by atoms with van der Waals surface area (Å²) in [5.74, 6) is 0.811. The maximum atomic E-state index is 12.8. The molecule has 3 aromatic rings. The van der Waals surface area contributed by atoms with E-state index in [0.29, 0.717) is 31.9 Å². The Balaban J connectivity index is 1.38. The minimum Gasteiger partial charge on any atom is -0.341 e. The van der Waals surface area contributed by atoms with Crippen LogP contribution in [0, 0.1) is 12.8 Å². The zero-order chi connectivity index (χ0) is 21.5. The Kier molecular flexibility index (Phi) is 4.81. The van der Waals surface area contributed by atoms with Gasteiger partial charge >= 0.3 is 11.1 Å². The van der Waals surface area contributed by atoms with Gasteiger partial charge < -0.3 is 4.90 Å². The van der Waals surface area contributed by atoms with Crippen LogP contribution >= 0.6 is 0 Å². The number of carbonyl (C=O) groups excluding carboxylic acids is 1. The summed E-state index contributed by atoms with van der Waals surface area (Å²) in [6, 6.07) is 17.5. The van der Waals surface area contributed by atoms with Gasteiger partial charge in [0.05, 0.1) is 13.0 Å². The van der Waals surface area contributed by atoms with Crippen LogP contribution in [-0.2, 0) is 24.3 Å². The van der Waals surface area contributed by atoms with Gasteiger partial charge in [-0.25, -0.2) is 4.68 Å². The van der Waals surface area contributed by atoms with Crippen molar-refractivity contribution in [1.29, 1.82) is 0 Å². The number of fused-ring (bicyclic) bond motifs is 3. The first-order chi connectivity index (χ1) is 15.0. The number of rotatable bonds is 4. The van der Waals surface area contributed by atoms with Gasteiger partial charge in [0, 0.05) is 31.5 Å². The third-order valence-corrected chi connectivity index (χ3v) is 6.36. The largest absolute Gasteiger partial charge is 0.341 e. The number of aromatic nitrogens is 3. The smallest absolute Gasteiger partial charge is 0.332 e. The summed E-state index contributed by atoms with van der Waals surface area (Å²) < 4.78 is 2.79. The normalized spacial score (nSPS) is 19.3. The van der Waals surface area contributed by atoms with E-state index in [9.17, 15) is 14.4 Å². The van der Waals surface area contributed by atoms with E-state index in [1.54, 1.807) is 0 Å². The van der Waals surface area contributed by atoms with Crippen LogP contribution in [0.25, 0.3) is 0 Å². The van der Waals surface area contributed by atoms with Crippen molar-refractivity contribution in [2.45, 2.75) is 32.4 Å².